The lowest BCUT2D eigenvalue weighted by Crippen LogP contribution is -2.14. The number of rotatable bonds is 5. The monoisotopic (exact) mass is 371 g/mol. The number of anilines is 1. The standard InChI is InChI=1S/C18H17N3O4S/c1-11-8-16(11)17-7-4-14(25-17)9-12(10-19)18(22)21-13-2-5-15(6-3-13)26(20,23)24/h2-7,9,11,16H,8H2,1H3,(H,21,22)(H2,20,23,24)/b12-9+/t11-,16+/m1/s1. The van der Waals surface area contributed by atoms with Crippen LogP contribution in [0.1, 0.15) is 30.8 Å². The molecule has 1 aromatic heterocycles. The molecule has 1 amide bonds. The third-order valence-corrected chi connectivity index (χ3v) is 5.14. The van der Waals surface area contributed by atoms with Gasteiger partial charge in [-0.2, -0.15) is 5.26 Å². The van der Waals surface area contributed by atoms with Crippen molar-refractivity contribution in [2.45, 2.75) is 24.2 Å². The summed E-state index contributed by atoms with van der Waals surface area (Å²) in [5, 5.41) is 16.8. The number of nitrogens with one attached hydrogen (secondary N) is 1. The fourth-order valence-corrected chi connectivity index (χ4v) is 3.10. The second-order valence-corrected chi connectivity index (χ2v) is 7.81. The quantitative estimate of drug-likeness (QED) is 0.617. The van der Waals surface area contributed by atoms with Crippen LogP contribution in [0.15, 0.2) is 51.3 Å². The SMILES string of the molecule is C[C@@H]1C[C@@H]1c1ccc(/C=C(\C#N)C(=O)Nc2ccc(S(N)(=O)=O)cc2)o1. The number of nitrogens with two attached hydrogens (primary N) is 1. The van der Waals surface area contributed by atoms with E-state index in [-0.39, 0.29) is 10.5 Å². The molecule has 1 fully saturated rings. The molecule has 26 heavy (non-hydrogen) atoms. The van der Waals surface area contributed by atoms with Crippen molar-refractivity contribution in [2.24, 2.45) is 11.1 Å². The molecule has 8 heteroatoms. The van der Waals surface area contributed by atoms with Crippen molar-refractivity contribution in [2.75, 3.05) is 5.32 Å². The van der Waals surface area contributed by atoms with Crippen molar-refractivity contribution >= 4 is 27.7 Å². The van der Waals surface area contributed by atoms with Crippen LogP contribution in [0.25, 0.3) is 6.08 Å². The maximum atomic E-state index is 12.2. The van der Waals surface area contributed by atoms with E-state index in [0.717, 1.165) is 12.2 Å². The minimum Gasteiger partial charge on any atom is -0.461 e. The fraction of sp³-hybridized carbons (Fsp3) is 0.222. The fourth-order valence-electron chi connectivity index (χ4n) is 2.58. The van der Waals surface area contributed by atoms with Crippen LogP contribution < -0.4 is 10.5 Å². The Morgan fingerprint density at radius 1 is 1.31 bits per heavy atom. The van der Waals surface area contributed by atoms with Gasteiger partial charge in [-0.25, -0.2) is 13.6 Å². The second-order valence-electron chi connectivity index (χ2n) is 6.25. The average molecular weight is 371 g/mol. The normalized spacial score (nSPS) is 19.7. The Hall–Kier alpha value is -2.89. The number of benzene rings is 1. The molecule has 1 heterocycles. The molecule has 1 aliphatic rings. The van der Waals surface area contributed by atoms with Crippen LogP contribution in [-0.2, 0) is 14.8 Å². The van der Waals surface area contributed by atoms with Gasteiger partial charge in [0.05, 0.1) is 4.90 Å². The number of sulfonamides is 1. The van der Waals surface area contributed by atoms with Gasteiger partial charge in [-0.15, -0.1) is 0 Å². The minimum atomic E-state index is -3.80. The minimum absolute atomic E-state index is 0.0658. The molecule has 0 spiro atoms. The van der Waals surface area contributed by atoms with Gasteiger partial charge in [0.1, 0.15) is 23.2 Å². The first-order valence-corrected chi connectivity index (χ1v) is 9.48. The lowest BCUT2D eigenvalue weighted by atomic mass is 10.2. The summed E-state index contributed by atoms with van der Waals surface area (Å²) in [4.78, 5) is 12.2. The van der Waals surface area contributed by atoms with Crippen LogP contribution in [0.4, 0.5) is 5.69 Å². The first-order chi connectivity index (χ1) is 12.3. The zero-order valence-electron chi connectivity index (χ0n) is 14.0. The summed E-state index contributed by atoms with van der Waals surface area (Å²) in [5.41, 5.74) is 0.223. The Labute approximate surface area is 151 Å². The molecule has 1 saturated carbocycles. The van der Waals surface area contributed by atoms with E-state index in [1.165, 1.54) is 30.3 Å². The van der Waals surface area contributed by atoms with Gasteiger partial charge in [0.15, 0.2) is 0 Å². The van der Waals surface area contributed by atoms with Gasteiger partial charge in [0.2, 0.25) is 10.0 Å². The van der Waals surface area contributed by atoms with Crippen LogP contribution in [0.5, 0.6) is 0 Å². The summed E-state index contributed by atoms with van der Waals surface area (Å²) >= 11 is 0. The number of carbonyl (C=O) groups excluding carboxylic acids is 1. The molecule has 0 radical (unpaired) electrons. The van der Waals surface area contributed by atoms with Crippen molar-refractivity contribution in [3.8, 4) is 6.07 Å². The Morgan fingerprint density at radius 2 is 1.96 bits per heavy atom. The first kappa shape index (κ1) is 17.9. The maximum Gasteiger partial charge on any atom is 0.266 e. The van der Waals surface area contributed by atoms with Gasteiger partial charge in [-0.05, 0) is 48.7 Å². The predicted molar refractivity (Wildman–Crippen MR) is 95.3 cm³/mol. The lowest BCUT2D eigenvalue weighted by Gasteiger charge is -2.05. The Kier molecular flexibility index (Phi) is 4.68. The van der Waals surface area contributed by atoms with E-state index < -0.39 is 15.9 Å². The number of nitrogens with zero attached hydrogens (tertiary/aromatic N) is 1. The van der Waals surface area contributed by atoms with Gasteiger partial charge in [-0.1, -0.05) is 6.92 Å². The Balaban J connectivity index is 1.72. The topological polar surface area (TPSA) is 126 Å². The molecular formula is C18H17N3O4S. The zero-order chi connectivity index (χ0) is 18.9. The molecule has 2 aromatic rings. The van der Waals surface area contributed by atoms with E-state index in [1.54, 1.807) is 6.07 Å². The van der Waals surface area contributed by atoms with E-state index in [1.807, 2.05) is 12.1 Å². The van der Waals surface area contributed by atoms with Crippen molar-refractivity contribution in [1.29, 1.82) is 5.26 Å². The summed E-state index contributed by atoms with van der Waals surface area (Å²) in [6.45, 7) is 2.14. The molecule has 7 nitrogen and oxygen atoms in total. The number of primary sulfonamides is 1. The molecule has 134 valence electrons. The van der Waals surface area contributed by atoms with Crippen molar-refractivity contribution in [3.05, 3.63) is 53.5 Å². The van der Waals surface area contributed by atoms with E-state index >= 15 is 0 Å². The van der Waals surface area contributed by atoms with E-state index in [2.05, 4.69) is 12.2 Å². The predicted octanol–water partition coefficient (Wildman–Crippen LogP) is 2.60. The maximum absolute atomic E-state index is 12.2. The summed E-state index contributed by atoms with van der Waals surface area (Å²) < 4.78 is 28.1. The molecule has 0 unspecified atom stereocenters. The van der Waals surface area contributed by atoms with Gasteiger partial charge < -0.3 is 9.73 Å². The molecule has 2 atom stereocenters. The molecule has 0 saturated heterocycles. The highest BCUT2D eigenvalue weighted by molar-refractivity contribution is 7.89. The molecule has 0 bridgehead atoms. The molecule has 1 aliphatic carbocycles. The zero-order valence-corrected chi connectivity index (χ0v) is 14.8. The Bertz CT molecular complexity index is 1010. The van der Waals surface area contributed by atoms with E-state index in [0.29, 0.717) is 23.3 Å². The largest absolute Gasteiger partial charge is 0.461 e. The van der Waals surface area contributed by atoms with Gasteiger partial charge >= 0.3 is 0 Å². The van der Waals surface area contributed by atoms with Crippen LogP contribution in [0.2, 0.25) is 0 Å². The summed E-state index contributed by atoms with van der Waals surface area (Å²) in [6.07, 6.45) is 2.46. The summed E-state index contributed by atoms with van der Waals surface area (Å²) in [5.74, 6) is 1.69. The highest BCUT2D eigenvalue weighted by Gasteiger charge is 2.36. The van der Waals surface area contributed by atoms with Crippen molar-refractivity contribution < 1.29 is 17.6 Å². The van der Waals surface area contributed by atoms with Crippen LogP contribution in [0.3, 0.4) is 0 Å². The molecule has 3 rings (SSSR count). The highest BCUT2D eigenvalue weighted by atomic mass is 32.2. The number of carbonyl (C=O) groups is 1. The first-order valence-electron chi connectivity index (χ1n) is 7.93. The third kappa shape index (κ3) is 4.02. The summed E-state index contributed by atoms with van der Waals surface area (Å²) in [6, 6.07) is 10.8. The number of hydrogen-bond donors (Lipinski definition) is 2. The molecule has 1 aromatic carbocycles. The third-order valence-electron chi connectivity index (χ3n) is 4.21. The molecule has 3 N–H and O–H groups in total. The van der Waals surface area contributed by atoms with Gasteiger partial charge in [-0.3, -0.25) is 4.79 Å². The highest BCUT2D eigenvalue weighted by Crippen LogP contribution is 2.47. The van der Waals surface area contributed by atoms with E-state index in [9.17, 15) is 18.5 Å². The smallest absolute Gasteiger partial charge is 0.266 e. The van der Waals surface area contributed by atoms with Crippen molar-refractivity contribution in [3.63, 3.8) is 0 Å². The van der Waals surface area contributed by atoms with Gasteiger partial charge in [0, 0.05) is 17.7 Å². The number of nitriles is 1. The second kappa shape index (κ2) is 6.78. The summed E-state index contributed by atoms with van der Waals surface area (Å²) in [7, 11) is -3.80. The molecule has 0 aliphatic heterocycles. The van der Waals surface area contributed by atoms with Crippen LogP contribution in [0, 0.1) is 17.2 Å². The van der Waals surface area contributed by atoms with Crippen LogP contribution >= 0.6 is 0 Å². The number of amides is 1. The van der Waals surface area contributed by atoms with Crippen LogP contribution in [-0.4, -0.2) is 14.3 Å². The number of furan rings is 1. The van der Waals surface area contributed by atoms with Crippen molar-refractivity contribution in [1.82, 2.24) is 0 Å². The average Bonchev–Trinajstić information content (AvgIpc) is 3.14. The van der Waals surface area contributed by atoms with Gasteiger partial charge in [0.25, 0.3) is 5.91 Å². The lowest BCUT2D eigenvalue weighted by molar-refractivity contribution is -0.112. The molecular weight excluding hydrogens is 354 g/mol. The number of hydrogen-bond acceptors (Lipinski definition) is 5. The Morgan fingerprint density at radius 3 is 2.50 bits per heavy atom. The van der Waals surface area contributed by atoms with E-state index in [4.69, 9.17) is 9.56 Å².